The van der Waals surface area contributed by atoms with Crippen LogP contribution in [0.15, 0.2) is 47.5 Å². The van der Waals surface area contributed by atoms with E-state index in [1.54, 1.807) is 7.11 Å². The molecule has 29 heavy (non-hydrogen) atoms. The maximum atomic E-state index is 12.0. The fraction of sp³-hybridized carbons (Fsp3) is 0.440. The van der Waals surface area contributed by atoms with Gasteiger partial charge in [0.25, 0.3) is 0 Å². The van der Waals surface area contributed by atoms with Gasteiger partial charge in [0, 0.05) is 18.2 Å². The Labute approximate surface area is 173 Å². The summed E-state index contributed by atoms with van der Waals surface area (Å²) in [7, 11) is 1.66. The molecule has 4 nitrogen and oxygen atoms in total. The summed E-state index contributed by atoms with van der Waals surface area (Å²) >= 11 is 0. The molecule has 0 heterocycles. The van der Waals surface area contributed by atoms with Gasteiger partial charge in [-0.25, -0.2) is 0 Å². The summed E-state index contributed by atoms with van der Waals surface area (Å²) in [6.07, 6.45) is 5.74. The molecule has 0 radical (unpaired) electrons. The molecular weight excluding hydrogens is 362 g/mol. The zero-order valence-corrected chi connectivity index (χ0v) is 17.3. The molecular formula is C25H29NO3. The van der Waals surface area contributed by atoms with Crippen molar-refractivity contribution in [2.24, 2.45) is 16.8 Å². The number of carbonyl (C=O) groups is 1. The topological polar surface area (TPSA) is 47.9 Å². The number of rotatable bonds is 6. The minimum atomic E-state index is -0.0841. The second-order valence-electron chi connectivity index (χ2n) is 8.16. The highest BCUT2D eigenvalue weighted by Gasteiger charge is 2.24. The third-order valence-electron chi connectivity index (χ3n) is 6.18. The number of carbonyl (C=O) groups excluding carboxylic acids is 1. The lowest BCUT2D eigenvalue weighted by atomic mass is 9.87. The average Bonchev–Trinajstić information content (AvgIpc) is 3.14. The van der Waals surface area contributed by atoms with Gasteiger partial charge in [0.05, 0.1) is 25.3 Å². The van der Waals surface area contributed by atoms with E-state index in [4.69, 9.17) is 14.5 Å². The monoisotopic (exact) mass is 391 g/mol. The third kappa shape index (κ3) is 4.52. The van der Waals surface area contributed by atoms with Crippen LogP contribution < -0.4 is 9.47 Å². The van der Waals surface area contributed by atoms with Crippen LogP contribution >= 0.6 is 0 Å². The van der Waals surface area contributed by atoms with Crippen molar-refractivity contribution in [3.8, 4) is 11.5 Å². The predicted molar refractivity (Wildman–Crippen MR) is 116 cm³/mol. The van der Waals surface area contributed by atoms with Gasteiger partial charge in [-0.2, -0.15) is 0 Å². The smallest absolute Gasteiger partial charge is 0.163 e. The maximum Gasteiger partial charge on any atom is 0.163 e. The lowest BCUT2D eigenvalue weighted by Gasteiger charge is -2.19. The van der Waals surface area contributed by atoms with Gasteiger partial charge in [-0.1, -0.05) is 31.2 Å². The number of ether oxygens (including phenoxy) is 2. The van der Waals surface area contributed by atoms with Crippen molar-refractivity contribution in [1.29, 1.82) is 0 Å². The van der Waals surface area contributed by atoms with E-state index in [9.17, 15) is 4.79 Å². The number of benzene rings is 2. The van der Waals surface area contributed by atoms with E-state index in [1.165, 1.54) is 11.1 Å². The minimum absolute atomic E-state index is 0.0841. The molecule has 1 unspecified atom stereocenters. The zero-order valence-electron chi connectivity index (χ0n) is 17.3. The molecule has 4 heteroatoms. The predicted octanol–water partition coefficient (Wildman–Crippen LogP) is 5.34. The molecule has 1 saturated carbocycles. The van der Waals surface area contributed by atoms with E-state index in [-0.39, 0.29) is 11.7 Å². The van der Waals surface area contributed by atoms with Crippen LogP contribution in [0.1, 0.15) is 43.7 Å². The van der Waals surface area contributed by atoms with Crippen LogP contribution in [0.4, 0.5) is 5.69 Å². The Balaban J connectivity index is 1.40. The van der Waals surface area contributed by atoms with Crippen molar-refractivity contribution in [2.45, 2.75) is 45.4 Å². The molecule has 1 fully saturated rings. The van der Waals surface area contributed by atoms with Gasteiger partial charge in [-0.15, -0.1) is 0 Å². The van der Waals surface area contributed by atoms with Crippen LogP contribution in [-0.2, 0) is 17.6 Å². The first-order valence-electron chi connectivity index (χ1n) is 10.6. The Kier molecular flexibility index (Phi) is 5.98. The van der Waals surface area contributed by atoms with Gasteiger partial charge in [0.1, 0.15) is 5.78 Å². The maximum absolute atomic E-state index is 12.0. The van der Waals surface area contributed by atoms with Crippen LogP contribution in [0, 0.1) is 11.8 Å². The number of hydrogen-bond acceptors (Lipinski definition) is 4. The zero-order chi connectivity index (χ0) is 20.2. The van der Waals surface area contributed by atoms with Crippen LogP contribution in [0.2, 0.25) is 0 Å². The summed E-state index contributed by atoms with van der Waals surface area (Å²) in [4.78, 5) is 16.7. The van der Waals surface area contributed by atoms with E-state index in [0.29, 0.717) is 18.9 Å². The number of fused-ring (bicyclic) bond motifs is 1. The number of Topliss-reactive ketones (excluding diaryl/α,β-unsaturated/α-hetero) is 1. The van der Waals surface area contributed by atoms with Crippen molar-refractivity contribution >= 4 is 17.2 Å². The summed E-state index contributed by atoms with van der Waals surface area (Å²) in [5.74, 6) is 2.28. The van der Waals surface area contributed by atoms with E-state index >= 15 is 0 Å². The standard InChI is InChI=1S/C25H29NO3/c1-17-22(8-5-9-23(17)27)26-21-10-11-24(28-2)25(16-21)29-13-12-18-14-19-6-3-4-7-20(19)15-18/h3-4,6-7,10-11,16-18H,5,8-9,12-15H2,1-2H3. The van der Waals surface area contributed by atoms with Crippen LogP contribution in [-0.4, -0.2) is 25.2 Å². The van der Waals surface area contributed by atoms with Crippen molar-refractivity contribution < 1.29 is 14.3 Å². The summed E-state index contributed by atoms with van der Waals surface area (Å²) in [6.45, 7) is 2.62. The van der Waals surface area contributed by atoms with Gasteiger partial charge in [-0.3, -0.25) is 9.79 Å². The number of ketones is 1. The van der Waals surface area contributed by atoms with E-state index in [2.05, 4.69) is 24.3 Å². The van der Waals surface area contributed by atoms with Gasteiger partial charge < -0.3 is 9.47 Å². The molecule has 0 aliphatic heterocycles. The molecule has 0 aromatic heterocycles. The Hall–Kier alpha value is -2.62. The summed E-state index contributed by atoms with van der Waals surface area (Å²) in [6, 6.07) is 14.5. The second-order valence-corrected chi connectivity index (χ2v) is 8.16. The number of hydrogen-bond donors (Lipinski definition) is 0. The molecule has 2 aromatic rings. The number of nitrogens with zero attached hydrogens (tertiary/aromatic N) is 1. The minimum Gasteiger partial charge on any atom is -0.493 e. The van der Waals surface area contributed by atoms with Crippen molar-refractivity contribution in [2.75, 3.05) is 13.7 Å². The van der Waals surface area contributed by atoms with Gasteiger partial charge in [0.15, 0.2) is 11.5 Å². The highest BCUT2D eigenvalue weighted by atomic mass is 16.5. The quantitative estimate of drug-likeness (QED) is 0.668. The summed E-state index contributed by atoms with van der Waals surface area (Å²) in [5.41, 5.74) is 4.75. The Bertz CT molecular complexity index is 893. The molecule has 2 aliphatic carbocycles. The normalized spacial score (nSPS) is 20.7. The molecule has 0 saturated heterocycles. The SMILES string of the molecule is COc1ccc(N=C2CCCC(=O)C2C)cc1OCCC1Cc2ccccc2C1. The Morgan fingerprint density at radius 3 is 2.52 bits per heavy atom. The van der Waals surface area contributed by atoms with E-state index in [1.807, 2.05) is 25.1 Å². The molecule has 1 atom stereocenters. The first-order valence-corrected chi connectivity index (χ1v) is 10.6. The van der Waals surface area contributed by atoms with Crippen LogP contribution in [0.3, 0.4) is 0 Å². The lowest BCUT2D eigenvalue weighted by molar-refractivity contribution is -0.121. The first kappa shape index (κ1) is 19.7. The fourth-order valence-corrected chi connectivity index (χ4v) is 4.42. The molecule has 2 aliphatic rings. The number of methoxy groups -OCH3 is 1. The first-order chi connectivity index (χ1) is 14.1. The summed E-state index contributed by atoms with van der Waals surface area (Å²) in [5, 5.41) is 0. The summed E-state index contributed by atoms with van der Waals surface area (Å²) < 4.78 is 11.6. The van der Waals surface area contributed by atoms with E-state index in [0.717, 1.165) is 55.0 Å². The largest absolute Gasteiger partial charge is 0.493 e. The van der Waals surface area contributed by atoms with Gasteiger partial charge in [-0.05, 0) is 61.3 Å². The van der Waals surface area contributed by atoms with Crippen molar-refractivity contribution in [1.82, 2.24) is 0 Å². The molecule has 152 valence electrons. The molecule has 0 spiro atoms. The molecule has 0 bridgehead atoms. The Morgan fingerprint density at radius 1 is 1.03 bits per heavy atom. The Morgan fingerprint density at radius 2 is 1.79 bits per heavy atom. The third-order valence-corrected chi connectivity index (χ3v) is 6.18. The average molecular weight is 392 g/mol. The van der Waals surface area contributed by atoms with Gasteiger partial charge >= 0.3 is 0 Å². The molecule has 2 aromatic carbocycles. The fourth-order valence-electron chi connectivity index (χ4n) is 4.42. The second kappa shape index (κ2) is 8.81. The van der Waals surface area contributed by atoms with Crippen LogP contribution in [0.25, 0.3) is 0 Å². The molecule has 4 rings (SSSR count). The van der Waals surface area contributed by atoms with Crippen molar-refractivity contribution in [3.05, 3.63) is 53.6 Å². The molecule has 0 N–H and O–H groups in total. The highest BCUT2D eigenvalue weighted by Crippen LogP contribution is 2.34. The van der Waals surface area contributed by atoms with E-state index < -0.39 is 0 Å². The van der Waals surface area contributed by atoms with Gasteiger partial charge in [0.2, 0.25) is 0 Å². The molecule has 0 amide bonds. The highest BCUT2D eigenvalue weighted by molar-refractivity contribution is 6.07. The lowest BCUT2D eigenvalue weighted by Crippen LogP contribution is -2.25. The number of aliphatic imine (C=N–C) groups is 1. The van der Waals surface area contributed by atoms with Crippen LogP contribution in [0.5, 0.6) is 11.5 Å². The van der Waals surface area contributed by atoms with Crippen molar-refractivity contribution in [3.63, 3.8) is 0 Å².